The number of fused-ring (bicyclic) bond motifs is 1. The third kappa shape index (κ3) is 3.72. The minimum atomic E-state index is -3.22. The summed E-state index contributed by atoms with van der Waals surface area (Å²) in [6, 6.07) is 7.30. The number of para-hydroxylation sites is 2. The third-order valence-electron chi connectivity index (χ3n) is 4.03. The van der Waals surface area contributed by atoms with Crippen LogP contribution < -0.4 is 4.90 Å². The number of aromatic nitrogens is 2. The van der Waals surface area contributed by atoms with Crippen LogP contribution in [0.4, 0.5) is 5.82 Å². The maximum absolute atomic E-state index is 12.3. The molecule has 0 spiro atoms. The first kappa shape index (κ1) is 17.6. The minimum Gasteiger partial charge on any atom is -0.461 e. The smallest absolute Gasteiger partial charge is 0.360 e. The minimum absolute atomic E-state index is 0.161. The lowest BCUT2D eigenvalue weighted by molar-refractivity contribution is 0.0520. The van der Waals surface area contributed by atoms with Gasteiger partial charge < -0.3 is 9.64 Å². The van der Waals surface area contributed by atoms with E-state index in [4.69, 9.17) is 4.74 Å². The Bertz CT molecular complexity index is 892. The van der Waals surface area contributed by atoms with E-state index in [2.05, 4.69) is 9.97 Å². The van der Waals surface area contributed by atoms with Gasteiger partial charge in [0.1, 0.15) is 0 Å². The van der Waals surface area contributed by atoms with Crippen molar-refractivity contribution in [2.45, 2.75) is 6.92 Å². The number of piperazine rings is 1. The van der Waals surface area contributed by atoms with E-state index in [1.165, 1.54) is 10.6 Å². The highest BCUT2D eigenvalue weighted by atomic mass is 32.2. The van der Waals surface area contributed by atoms with E-state index >= 15 is 0 Å². The maximum atomic E-state index is 12.3. The lowest BCUT2D eigenvalue weighted by Crippen LogP contribution is -2.49. The molecule has 25 heavy (non-hydrogen) atoms. The van der Waals surface area contributed by atoms with E-state index in [1.54, 1.807) is 13.0 Å². The van der Waals surface area contributed by atoms with Crippen LogP contribution >= 0.6 is 0 Å². The average molecular weight is 364 g/mol. The summed E-state index contributed by atoms with van der Waals surface area (Å²) < 4.78 is 29.9. The number of hydrogen-bond acceptors (Lipinski definition) is 7. The molecule has 0 saturated carbocycles. The fraction of sp³-hybridized carbons (Fsp3) is 0.438. The first-order valence-corrected chi connectivity index (χ1v) is 9.89. The Morgan fingerprint density at radius 3 is 2.28 bits per heavy atom. The molecule has 0 amide bonds. The molecule has 1 aromatic carbocycles. The molecule has 0 bridgehead atoms. The molecule has 0 radical (unpaired) electrons. The van der Waals surface area contributed by atoms with Crippen LogP contribution in [0.1, 0.15) is 17.4 Å². The fourth-order valence-electron chi connectivity index (χ4n) is 2.78. The van der Waals surface area contributed by atoms with Gasteiger partial charge in [0.05, 0.1) is 23.9 Å². The standard InChI is InChI=1S/C16H20N4O4S/c1-3-24-16(21)14-15(18-13-7-5-4-6-12(13)17-14)19-8-10-20(11-9-19)25(2,22)23/h4-7H,3,8-11H2,1-2H3. The van der Waals surface area contributed by atoms with E-state index in [-0.39, 0.29) is 12.3 Å². The van der Waals surface area contributed by atoms with Gasteiger partial charge in [-0.2, -0.15) is 4.31 Å². The predicted octanol–water partition coefficient (Wildman–Crippen LogP) is 0.888. The summed E-state index contributed by atoms with van der Waals surface area (Å²) in [4.78, 5) is 23.2. The van der Waals surface area contributed by atoms with Gasteiger partial charge in [-0.25, -0.2) is 23.2 Å². The molecular formula is C16H20N4O4S. The van der Waals surface area contributed by atoms with E-state index in [0.29, 0.717) is 43.0 Å². The number of carbonyl (C=O) groups excluding carboxylic acids is 1. The van der Waals surface area contributed by atoms with Crippen LogP contribution in [0, 0.1) is 0 Å². The predicted molar refractivity (Wildman–Crippen MR) is 94.1 cm³/mol. The van der Waals surface area contributed by atoms with Crippen molar-refractivity contribution < 1.29 is 17.9 Å². The Labute approximate surface area is 146 Å². The first-order valence-electron chi connectivity index (χ1n) is 8.04. The Morgan fingerprint density at radius 1 is 1.12 bits per heavy atom. The number of benzene rings is 1. The number of ether oxygens (including phenoxy) is 1. The zero-order valence-corrected chi connectivity index (χ0v) is 15.0. The largest absolute Gasteiger partial charge is 0.461 e. The molecule has 0 aliphatic carbocycles. The zero-order chi connectivity index (χ0) is 18.0. The molecule has 2 heterocycles. The summed E-state index contributed by atoms with van der Waals surface area (Å²) in [6.07, 6.45) is 1.20. The summed E-state index contributed by atoms with van der Waals surface area (Å²) in [5.41, 5.74) is 1.45. The molecule has 3 rings (SSSR count). The maximum Gasteiger partial charge on any atom is 0.360 e. The Balaban J connectivity index is 1.97. The highest BCUT2D eigenvalue weighted by Gasteiger charge is 2.28. The summed E-state index contributed by atoms with van der Waals surface area (Å²) in [6.45, 7) is 3.54. The fourth-order valence-corrected chi connectivity index (χ4v) is 3.61. The van der Waals surface area contributed by atoms with Crippen LogP contribution in [-0.4, -0.2) is 67.7 Å². The van der Waals surface area contributed by atoms with Crippen molar-refractivity contribution in [3.05, 3.63) is 30.0 Å². The molecular weight excluding hydrogens is 344 g/mol. The van der Waals surface area contributed by atoms with Gasteiger partial charge in [-0.3, -0.25) is 0 Å². The molecule has 0 unspecified atom stereocenters. The van der Waals surface area contributed by atoms with Crippen molar-refractivity contribution in [2.75, 3.05) is 43.9 Å². The van der Waals surface area contributed by atoms with Crippen molar-refractivity contribution in [2.24, 2.45) is 0 Å². The number of rotatable bonds is 4. The molecule has 8 nitrogen and oxygen atoms in total. The summed E-state index contributed by atoms with van der Waals surface area (Å²) in [5.74, 6) is -0.0911. The van der Waals surface area contributed by atoms with Crippen LogP contribution in [0.2, 0.25) is 0 Å². The molecule has 0 N–H and O–H groups in total. The van der Waals surface area contributed by atoms with Gasteiger partial charge in [-0.1, -0.05) is 12.1 Å². The molecule has 1 aliphatic heterocycles. The van der Waals surface area contributed by atoms with Crippen LogP contribution in [0.5, 0.6) is 0 Å². The van der Waals surface area contributed by atoms with Crippen LogP contribution in [-0.2, 0) is 14.8 Å². The van der Waals surface area contributed by atoms with Crippen molar-refractivity contribution in [3.8, 4) is 0 Å². The number of sulfonamides is 1. The first-order chi connectivity index (χ1) is 11.9. The second kappa shape index (κ2) is 6.93. The Morgan fingerprint density at radius 2 is 1.72 bits per heavy atom. The summed E-state index contributed by atoms with van der Waals surface area (Å²) in [7, 11) is -3.22. The monoisotopic (exact) mass is 364 g/mol. The van der Waals surface area contributed by atoms with Crippen molar-refractivity contribution in [1.29, 1.82) is 0 Å². The average Bonchev–Trinajstić information content (AvgIpc) is 2.60. The number of nitrogens with zero attached hydrogens (tertiary/aromatic N) is 4. The third-order valence-corrected chi connectivity index (χ3v) is 5.33. The van der Waals surface area contributed by atoms with Gasteiger partial charge >= 0.3 is 5.97 Å². The lowest BCUT2D eigenvalue weighted by Gasteiger charge is -2.34. The van der Waals surface area contributed by atoms with Crippen LogP contribution in [0.25, 0.3) is 11.0 Å². The van der Waals surface area contributed by atoms with Gasteiger partial charge in [0.2, 0.25) is 10.0 Å². The quantitative estimate of drug-likeness (QED) is 0.744. The van der Waals surface area contributed by atoms with Gasteiger partial charge in [0.25, 0.3) is 0 Å². The Hall–Kier alpha value is -2.26. The van der Waals surface area contributed by atoms with Gasteiger partial charge in [0.15, 0.2) is 11.5 Å². The van der Waals surface area contributed by atoms with Gasteiger partial charge in [0, 0.05) is 26.2 Å². The summed E-state index contributed by atoms with van der Waals surface area (Å²) in [5, 5.41) is 0. The van der Waals surface area contributed by atoms with E-state index in [0.717, 1.165) is 0 Å². The van der Waals surface area contributed by atoms with Crippen molar-refractivity contribution in [3.63, 3.8) is 0 Å². The van der Waals surface area contributed by atoms with E-state index in [1.807, 2.05) is 23.1 Å². The SMILES string of the molecule is CCOC(=O)c1nc2ccccc2nc1N1CCN(S(C)(=O)=O)CC1. The molecule has 2 aromatic rings. The topological polar surface area (TPSA) is 92.7 Å². The normalized spacial score (nSPS) is 16.2. The molecule has 1 fully saturated rings. The van der Waals surface area contributed by atoms with Crippen LogP contribution in [0.15, 0.2) is 24.3 Å². The second-order valence-corrected chi connectivity index (χ2v) is 7.74. The van der Waals surface area contributed by atoms with E-state index < -0.39 is 16.0 Å². The molecule has 1 saturated heterocycles. The Kier molecular flexibility index (Phi) is 4.87. The van der Waals surface area contributed by atoms with E-state index in [9.17, 15) is 13.2 Å². The molecule has 1 aliphatic rings. The second-order valence-electron chi connectivity index (χ2n) is 5.75. The van der Waals surface area contributed by atoms with Crippen LogP contribution in [0.3, 0.4) is 0 Å². The molecule has 0 atom stereocenters. The number of anilines is 1. The molecule has 1 aromatic heterocycles. The molecule has 134 valence electrons. The van der Waals surface area contributed by atoms with Gasteiger partial charge in [-0.15, -0.1) is 0 Å². The summed E-state index contributed by atoms with van der Waals surface area (Å²) >= 11 is 0. The number of esters is 1. The highest BCUT2D eigenvalue weighted by Crippen LogP contribution is 2.23. The number of hydrogen-bond donors (Lipinski definition) is 0. The zero-order valence-electron chi connectivity index (χ0n) is 14.2. The van der Waals surface area contributed by atoms with Crippen molar-refractivity contribution >= 4 is 32.8 Å². The highest BCUT2D eigenvalue weighted by molar-refractivity contribution is 7.88. The number of carbonyl (C=O) groups is 1. The van der Waals surface area contributed by atoms with Crippen molar-refractivity contribution in [1.82, 2.24) is 14.3 Å². The molecule has 9 heteroatoms. The van der Waals surface area contributed by atoms with Gasteiger partial charge in [-0.05, 0) is 19.1 Å². The lowest BCUT2D eigenvalue weighted by atomic mass is 10.2.